The Morgan fingerprint density at radius 1 is 1.45 bits per heavy atom. The van der Waals surface area contributed by atoms with Crippen LogP contribution in [0, 0.1) is 10.1 Å². The van der Waals surface area contributed by atoms with E-state index in [9.17, 15) is 10.1 Å². The van der Waals surface area contributed by atoms with Crippen molar-refractivity contribution >= 4 is 23.2 Å². The highest BCUT2D eigenvalue weighted by Gasteiger charge is 2.17. The van der Waals surface area contributed by atoms with Crippen LogP contribution < -0.4 is 15.2 Å². The Kier molecular flexibility index (Phi) is 3.85. The fourth-order valence-corrected chi connectivity index (χ4v) is 1.55. The molecule has 2 aromatic rings. The van der Waals surface area contributed by atoms with Crippen molar-refractivity contribution in [1.82, 2.24) is 9.97 Å². The lowest BCUT2D eigenvalue weighted by atomic mass is 10.3. The van der Waals surface area contributed by atoms with Crippen LogP contribution >= 0.6 is 11.6 Å². The van der Waals surface area contributed by atoms with E-state index < -0.39 is 4.92 Å². The number of anilines is 1. The predicted molar refractivity (Wildman–Crippen MR) is 71.2 cm³/mol. The second-order valence-corrected chi connectivity index (χ2v) is 3.98. The minimum Gasteiger partial charge on any atom is -0.490 e. The molecule has 0 aliphatic rings. The zero-order chi connectivity index (χ0) is 14.7. The Morgan fingerprint density at radius 2 is 2.20 bits per heavy atom. The van der Waals surface area contributed by atoms with Gasteiger partial charge >= 0.3 is 5.69 Å². The number of rotatable bonds is 4. The van der Waals surface area contributed by atoms with Gasteiger partial charge in [-0.1, -0.05) is 11.6 Å². The molecule has 1 heterocycles. The number of nitrogen functional groups attached to an aromatic ring is 1. The molecular formula is C11H9ClN4O4. The molecule has 0 saturated heterocycles. The fourth-order valence-electron chi connectivity index (χ4n) is 1.42. The summed E-state index contributed by atoms with van der Waals surface area (Å²) in [5, 5.41) is 11.0. The van der Waals surface area contributed by atoms with Crippen molar-refractivity contribution in [2.45, 2.75) is 0 Å². The molecule has 2 N–H and O–H groups in total. The number of aromatic nitrogens is 2. The lowest BCUT2D eigenvalue weighted by molar-refractivity contribution is -0.385. The van der Waals surface area contributed by atoms with Crippen LogP contribution in [0.2, 0.25) is 5.02 Å². The minimum atomic E-state index is -0.582. The Hall–Kier alpha value is -2.61. The summed E-state index contributed by atoms with van der Waals surface area (Å²) in [7, 11) is 1.34. The maximum Gasteiger partial charge on any atom is 0.314 e. The third kappa shape index (κ3) is 2.86. The molecule has 0 bridgehead atoms. The van der Waals surface area contributed by atoms with Gasteiger partial charge in [-0.2, -0.15) is 4.98 Å². The quantitative estimate of drug-likeness (QED) is 0.680. The van der Waals surface area contributed by atoms with Gasteiger partial charge in [0.1, 0.15) is 10.8 Å². The van der Waals surface area contributed by atoms with Gasteiger partial charge in [0.25, 0.3) is 0 Å². The van der Waals surface area contributed by atoms with E-state index in [0.29, 0.717) is 0 Å². The predicted octanol–water partition coefficient (Wildman–Crippen LogP) is 2.42. The Bertz CT molecular complexity index is 665. The molecule has 104 valence electrons. The molecule has 0 aliphatic carbocycles. The van der Waals surface area contributed by atoms with E-state index in [2.05, 4.69) is 9.97 Å². The lowest BCUT2D eigenvalue weighted by Gasteiger charge is -2.07. The molecule has 0 radical (unpaired) electrons. The van der Waals surface area contributed by atoms with E-state index in [0.717, 1.165) is 0 Å². The summed E-state index contributed by atoms with van der Waals surface area (Å²) >= 11 is 5.84. The summed E-state index contributed by atoms with van der Waals surface area (Å²) in [4.78, 5) is 17.8. The Morgan fingerprint density at radius 3 is 2.85 bits per heavy atom. The van der Waals surface area contributed by atoms with E-state index in [1.807, 2.05) is 0 Å². The van der Waals surface area contributed by atoms with Gasteiger partial charge in [-0.25, -0.2) is 4.98 Å². The maximum atomic E-state index is 10.9. The first kappa shape index (κ1) is 13.8. The van der Waals surface area contributed by atoms with Crippen LogP contribution in [-0.4, -0.2) is 22.0 Å². The molecule has 0 aliphatic heterocycles. The van der Waals surface area contributed by atoms with Crippen molar-refractivity contribution in [3.05, 3.63) is 39.5 Å². The van der Waals surface area contributed by atoms with Gasteiger partial charge in [-0.15, -0.1) is 0 Å². The monoisotopic (exact) mass is 296 g/mol. The van der Waals surface area contributed by atoms with Crippen molar-refractivity contribution in [3.8, 4) is 17.4 Å². The van der Waals surface area contributed by atoms with Gasteiger partial charge in [-0.3, -0.25) is 10.1 Å². The van der Waals surface area contributed by atoms with E-state index in [-0.39, 0.29) is 34.0 Å². The van der Waals surface area contributed by atoms with Crippen LogP contribution in [-0.2, 0) is 0 Å². The van der Waals surface area contributed by atoms with Gasteiger partial charge in [-0.05, 0) is 12.1 Å². The van der Waals surface area contributed by atoms with Crippen molar-refractivity contribution in [3.63, 3.8) is 0 Å². The van der Waals surface area contributed by atoms with E-state index in [4.69, 9.17) is 26.8 Å². The summed E-state index contributed by atoms with van der Waals surface area (Å²) in [6.45, 7) is 0. The third-order valence-electron chi connectivity index (χ3n) is 2.29. The smallest absolute Gasteiger partial charge is 0.314 e. The van der Waals surface area contributed by atoms with Crippen LogP contribution in [0.25, 0.3) is 0 Å². The SMILES string of the molecule is COc1ccc(Oc2nc(N)ncc2Cl)cc1[N+](=O)[O-]. The summed E-state index contributed by atoms with van der Waals surface area (Å²) in [6, 6.07) is 4.10. The maximum absolute atomic E-state index is 10.9. The van der Waals surface area contributed by atoms with Crippen LogP contribution in [0.1, 0.15) is 0 Å². The van der Waals surface area contributed by atoms with Gasteiger partial charge in [0.2, 0.25) is 11.8 Å². The number of nitrogens with zero attached hydrogens (tertiary/aromatic N) is 3. The summed E-state index contributed by atoms with van der Waals surface area (Å²) in [6.07, 6.45) is 1.27. The molecule has 0 atom stereocenters. The molecule has 0 saturated carbocycles. The number of benzene rings is 1. The number of nitro groups is 1. The molecular weight excluding hydrogens is 288 g/mol. The normalized spacial score (nSPS) is 10.1. The topological polar surface area (TPSA) is 113 Å². The van der Waals surface area contributed by atoms with E-state index in [1.54, 1.807) is 0 Å². The first-order valence-corrected chi connectivity index (χ1v) is 5.67. The second-order valence-electron chi connectivity index (χ2n) is 3.57. The summed E-state index contributed by atoms with van der Waals surface area (Å²) in [5.41, 5.74) is 5.18. The molecule has 0 unspecified atom stereocenters. The molecule has 0 fully saturated rings. The highest BCUT2D eigenvalue weighted by Crippen LogP contribution is 2.34. The number of halogens is 1. The fraction of sp³-hybridized carbons (Fsp3) is 0.0909. The molecule has 1 aromatic carbocycles. The molecule has 8 nitrogen and oxygen atoms in total. The van der Waals surface area contributed by atoms with Gasteiger partial charge in [0.05, 0.1) is 24.3 Å². The number of nitrogens with two attached hydrogens (primary N) is 1. The number of ether oxygens (including phenoxy) is 2. The number of methoxy groups -OCH3 is 1. The van der Waals surface area contributed by atoms with Crippen LogP contribution in [0.15, 0.2) is 24.4 Å². The van der Waals surface area contributed by atoms with Crippen molar-refractivity contribution in [2.75, 3.05) is 12.8 Å². The van der Waals surface area contributed by atoms with Crippen molar-refractivity contribution in [1.29, 1.82) is 0 Å². The highest BCUT2D eigenvalue weighted by atomic mass is 35.5. The molecule has 20 heavy (non-hydrogen) atoms. The van der Waals surface area contributed by atoms with Crippen molar-refractivity contribution in [2.24, 2.45) is 0 Å². The van der Waals surface area contributed by atoms with Gasteiger partial charge in [0.15, 0.2) is 5.75 Å². The zero-order valence-corrected chi connectivity index (χ0v) is 11.0. The minimum absolute atomic E-state index is 0.0126. The number of hydrogen-bond acceptors (Lipinski definition) is 7. The molecule has 9 heteroatoms. The lowest BCUT2D eigenvalue weighted by Crippen LogP contribution is -1.98. The van der Waals surface area contributed by atoms with Gasteiger partial charge < -0.3 is 15.2 Å². The van der Waals surface area contributed by atoms with E-state index >= 15 is 0 Å². The molecule has 0 amide bonds. The summed E-state index contributed by atoms with van der Waals surface area (Å²) < 4.78 is 10.2. The Balaban J connectivity index is 2.37. The average Bonchev–Trinajstić information content (AvgIpc) is 2.42. The first-order valence-electron chi connectivity index (χ1n) is 5.29. The van der Waals surface area contributed by atoms with E-state index in [1.165, 1.54) is 31.5 Å². The average molecular weight is 297 g/mol. The molecule has 2 rings (SSSR count). The number of nitro benzene ring substituents is 1. The number of hydrogen-bond donors (Lipinski definition) is 1. The third-order valence-corrected chi connectivity index (χ3v) is 2.55. The molecule has 0 spiro atoms. The summed E-state index contributed by atoms with van der Waals surface area (Å²) in [5.74, 6) is 0.291. The highest BCUT2D eigenvalue weighted by molar-refractivity contribution is 6.31. The molecule has 1 aromatic heterocycles. The standard InChI is InChI=1S/C11H9ClN4O4/c1-19-9-3-2-6(4-8(9)16(17)18)20-10-7(12)5-14-11(13)15-10/h2-5H,1H3,(H2,13,14,15). The first-order chi connectivity index (χ1) is 9.51. The largest absolute Gasteiger partial charge is 0.490 e. The second kappa shape index (κ2) is 5.57. The van der Waals surface area contributed by atoms with Crippen molar-refractivity contribution < 1.29 is 14.4 Å². The Labute approximate surface area is 118 Å². The van der Waals surface area contributed by atoms with Crippen LogP contribution in [0.3, 0.4) is 0 Å². The zero-order valence-electron chi connectivity index (χ0n) is 10.2. The van der Waals surface area contributed by atoms with Crippen LogP contribution in [0.5, 0.6) is 17.4 Å². The van der Waals surface area contributed by atoms with Crippen LogP contribution in [0.4, 0.5) is 11.6 Å². The van der Waals surface area contributed by atoms with Gasteiger partial charge in [0, 0.05) is 0 Å².